The van der Waals surface area contributed by atoms with Crippen LogP contribution in [-0.2, 0) is 9.53 Å². The molecule has 2 atom stereocenters. The summed E-state index contributed by atoms with van der Waals surface area (Å²) in [7, 11) is 3.38. The number of carbonyl (C=O) groups is 1. The van der Waals surface area contributed by atoms with Crippen molar-refractivity contribution < 1.29 is 24.1 Å². The third kappa shape index (κ3) is 6.79. The Labute approximate surface area is 218 Å². The standard InChI is InChI=1S/C26H38N6O5/c1-17-24(28-20-5-10-36-15-20)29-25(30-26(17)32-8-6-31(7-9-32)18(2)33)19-11-22(35-4)13-23(12-19)37-16-21(34)14-27-3/h11-13,20-21,27,34H,5-10,14-16H2,1-4H3,(H,28,29,30). The maximum Gasteiger partial charge on any atom is 0.219 e. The lowest BCUT2D eigenvalue weighted by molar-refractivity contribution is -0.129. The van der Waals surface area contributed by atoms with Crippen LogP contribution in [0.5, 0.6) is 11.5 Å². The second-order valence-electron chi connectivity index (χ2n) is 9.46. The minimum Gasteiger partial charge on any atom is -0.497 e. The van der Waals surface area contributed by atoms with Gasteiger partial charge in [0.15, 0.2) is 5.82 Å². The lowest BCUT2D eigenvalue weighted by atomic mass is 10.1. The van der Waals surface area contributed by atoms with E-state index in [0.29, 0.717) is 56.7 Å². The van der Waals surface area contributed by atoms with E-state index in [0.717, 1.165) is 35.8 Å². The summed E-state index contributed by atoms with van der Waals surface area (Å²) >= 11 is 0. The molecule has 0 saturated carbocycles. The van der Waals surface area contributed by atoms with Gasteiger partial charge in [0.2, 0.25) is 5.91 Å². The largest absolute Gasteiger partial charge is 0.497 e. The summed E-state index contributed by atoms with van der Waals surface area (Å²) < 4.78 is 16.9. The van der Waals surface area contributed by atoms with E-state index in [1.807, 2.05) is 24.0 Å². The first kappa shape index (κ1) is 26.9. The normalized spacial score (nSPS) is 18.6. The topological polar surface area (TPSA) is 121 Å². The van der Waals surface area contributed by atoms with E-state index < -0.39 is 6.10 Å². The van der Waals surface area contributed by atoms with Gasteiger partial charge in [-0.05, 0) is 32.5 Å². The Hall–Kier alpha value is -3.15. The Kier molecular flexibility index (Phi) is 9.01. The molecule has 2 fully saturated rings. The lowest BCUT2D eigenvalue weighted by Gasteiger charge is -2.36. The number of ether oxygens (including phenoxy) is 3. The number of hydrogen-bond donors (Lipinski definition) is 3. The van der Waals surface area contributed by atoms with Gasteiger partial charge in [-0.25, -0.2) is 9.97 Å². The highest BCUT2D eigenvalue weighted by atomic mass is 16.5. The van der Waals surface area contributed by atoms with E-state index in [1.165, 1.54) is 0 Å². The van der Waals surface area contributed by atoms with Crippen molar-refractivity contribution in [1.82, 2.24) is 20.2 Å². The summed E-state index contributed by atoms with van der Waals surface area (Å²) in [6.07, 6.45) is 0.275. The fraction of sp³-hybridized carbons (Fsp3) is 0.577. The first-order chi connectivity index (χ1) is 17.9. The zero-order valence-electron chi connectivity index (χ0n) is 22.1. The number of aliphatic hydroxyl groups is 1. The quantitative estimate of drug-likeness (QED) is 0.428. The van der Waals surface area contributed by atoms with Gasteiger partial charge in [0, 0.05) is 63.4 Å². The third-order valence-corrected chi connectivity index (χ3v) is 6.67. The Morgan fingerprint density at radius 2 is 1.97 bits per heavy atom. The van der Waals surface area contributed by atoms with Crippen molar-refractivity contribution >= 4 is 17.5 Å². The summed E-state index contributed by atoms with van der Waals surface area (Å²) in [4.78, 5) is 25.8. The van der Waals surface area contributed by atoms with Crippen molar-refractivity contribution in [3.8, 4) is 22.9 Å². The molecule has 202 valence electrons. The van der Waals surface area contributed by atoms with Crippen molar-refractivity contribution in [2.75, 3.05) is 76.9 Å². The number of carbonyl (C=O) groups excluding carboxylic acids is 1. The first-order valence-corrected chi connectivity index (χ1v) is 12.8. The molecule has 0 radical (unpaired) electrons. The average molecular weight is 515 g/mol. The van der Waals surface area contributed by atoms with Gasteiger partial charge in [-0.3, -0.25) is 4.79 Å². The molecule has 11 heteroatoms. The molecular formula is C26H38N6O5. The number of methoxy groups -OCH3 is 1. The Morgan fingerprint density at radius 1 is 1.22 bits per heavy atom. The van der Waals surface area contributed by atoms with Gasteiger partial charge in [-0.15, -0.1) is 0 Å². The Morgan fingerprint density at radius 3 is 2.62 bits per heavy atom. The zero-order valence-corrected chi connectivity index (χ0v) is 22.1. The summed E-state index contributed by atoms with van der Waals surface area (Å²) in [6, 6.07) is 5.70. The highest BCUT2D eigenvalue weighted by Crippen LogP contribution is 2.33. The minimum absolute atomic E-state index is 0.0899. The molecule has 1 aromatic carbocycles. The smallest absolute Gasteiger partial charge is 0.219 e. The zero-order chi connectivity index (χ0) is 26.4. The van der Waals surface area contributed by atoms with Gasteiger partial charge < -0.3 is 39.8 Å². The molecule has 2 unspecified atom stereocenters. The van der Waals surface area contributed by atoms with Gasteiger partial charge >= 0.3 is 0 Å². The third-order valence-electron chi connectivity index (χ3n) is 6.67. The molecule has 4 rings (SSSR count). The monoisotopic (exact) mass is 514 g/mol. The van der Waals surface area contributed by atoms with Crippen LogP contribution in [-0.4, -0.2) is 105 Å². The van der Waals surface area contributed by atoms with Crippen LogP contribution in [0.4, 0.5) is 11.6 Å². The number of aromatic nitrogens is 2. The predicted molar refractivity (Wildman–Crippen MR) is 141 cm³/mol. The number of nitrogens with one attached hydrogen (secondary N) is 2. The van der Waals surface area contributed by atoms with Gasteiger partial charge in [0.1, 0.15) is 35.8 Å². The maximum atomic E-state index is 11.8. The van der Waals surface area contributed by atoms with Crippen LogP contribution in [0.2, 0.25) is 0 Å². The molecule has 2 aromatic rings. The average Bonchev–Trinajstić information content (AvgIpc) is 3.42. The van der Waals surface area contributed by atoms with Crippen molar-refractivity contribution in [3.05, 3.63) is 23.8 Å². The van der Waals surface area contributed by atoms with Crippen molar-refractivity contribution in [3.63, 3.8) is 0 Å². The van der Waals surface area contributed by atoms with Gasteiger partial charge in [-0.1, -0.05) is 0 Å². The SMILES string of the molecule is CNCC(O)COc1cc(OC)cc(-c2nc(NC3CCOC3)c(C)c(N3CCN(C(C)=O)CC3)n2)c1. The van der Waals surface area contributed by atoms with Gasteiger partial charge in [0.25, 0.3) is 0 Å². The first-order valence-electron chi connectivity index (χ1n) is 12.8. The highest BCUT2D eigenvalue weighted by Gasteiger charge is 2.25. The van der Waals surface area contributed by atoms with E-state index in [9.17, 15) is 9.90 Å². The molecule has 1 aromatic heterocycles. The number of aliphatic hydroxyl groups excluding tert-OH is 1. The molecule has 2 saturated heterocycles. The molecule has 0 aliphatic carbocycles. The molecule has 3 heterocycles. The fourth-order valence-corrected chi connectivity index (χ4v) is 4.55. The molecule has 1 amide bonds. The van der Waals surface area contributed by atoms with Crippen molar-refractivity contribution in [2.24, 2.45) is 0 Å². The van der Waals surface area contributed by atoms with E-state index in [2.05, 4.69) is 15.5 Å². The summed E-state index contributed by atoms with van der Waals surface area (Å²) in [5.41, 5.74) is 1.70. The van der Waals surface area contributed by atoms with Crippen molar-refractivity contribution in [1.29, 1.82) is 0 Å². The minimum atomic E-state index is -0.639. The molecular weight excluding hydrogens is 476 g/mol. The number of hydrogen-bond acceptors (Lipinski definition) is 10. The van der Waals surface area contributed by atoms with E-state index in [-0.39, 0.29) is 18.6 Å². The second-order valence-corrected chi connectivity index (χ2v) is 9.46. The van der Waals surface area contributed by atoms with Crippen LogP contribution in [0.1, 0.15) is 18.9 Å². The number of piperazine rings is 1. The van der Waals surface area contributed by atoms with Crippen LogP contribution >= 0.6 is 0 Å². The van der Waals surface area contributed by atoms with Crippen molar-refractivity contribution in [2.45, 2.75) is 32.4 Å². The lowest BCUT2D eigenvalue weighted by Crippen LogP contribution is -2.48. The Bertz CT molecular complexity index is 1070. The summed E-state index contributed by atoms with van der Waals surface area (Å²) in [6.45, 7) is 8.26. The summed E-state index contributed by atoms with van der Waals surface area (Å²) in [5, 5.41) is 16.6. The number of anilines is 2. The van der Waals surface area contributed by atoms with Crippen LogP contribution in [0, 0.1) is 6.92 Å². The molecule has 0 bridgehead atoms. The van der Waals surface area contributed by atoms with Gasteiger partial charge in [0.05, 0.1) is 19.8 Å². The Balaban J connectivity index is 1.68. The van der Waals surface area contributed by atoms with Crippen LogP contribution in [0.3, 0.4) is 0 Å². The maximum absolute atomic E-state index is 11.8. The van der Waals surface area contributed by atoms with Crippen LogP contribution in [0.25, 0.3) is 11.4 Å². The number of likely N-dealkylation sites (N-methyl/N-ethyl adjacent to an activating group) is 1. The number of nitrogens with zero attached hydrogens (tertiary/aromatic N) is 4. The second kappa shape index (κ2) is 12.4. The molecule has 2 aliphatic rings. The molecule has 2 aliphatic heterocycles. The fourth-order valence-electron chi connectivity index (χ4n) is 4.55. The molecule has 3 N–H and O–H groups in total. The number of benzene rings is 1. The number of rotatable bonds is 10. The van der Waals surface area contributed by atoms with Crippen LogP contribution in [0.15, 0.2) is 18.2 Å². The summed E-state index contributed by atoms with van der Waals surface area (Å²) in [5.74, 6) is 3.39. The highest BCUT2D eigenvalue weighted by molar-refractivity contribution is 5.74. The number of amides is 1. The molecule has 0 spiro atoms. The van der Waals surface area contributed by atoms with E-state index in [1.54, 1.807) is 27.1 Å². The van der Waals surface area contributed by atoms with Crippen LogP contribution < -0.4 is 25.0 Å². The molecule has 37 heavy (non-hydrogen) atoms. The van der Waals surface area contributed by atoms with E-state index >= 15 is 0 Å². The van der Waals surface area contributed by atoms with Gasteiger partial charge in [-0.2, -0.15) is 0 Å². The van der Waals surface area contributed by atoms with E-state index in [4.69, 9.17) is 24.2 Å². The molecule has 11 nitrogen and oxygen atoms in total. The predicted octanol–water partition coefficient (Wildman–Crippen LogP) is 1.29.